The number of anilines is 1. The van der Waals surface area contributed by atoms with E-state index in [2.05, 4.69) is 56.1 Å². The lowest BCUT2D eigenvalue weighted by Crippen LogP contribution is -2.23. The molecule has 1 amide bonds. The Morgan fingerprint density at radius 1 is 1.00 bits per heavy atom. The molecule has 0 bridgehead atoms. The van der Waals surface area contributed by atoms with Gasteiger partial charge in [0.05, 0.1) is 17.6 Å². The number of nitrogens with zero attached hydrogens (tertiary/aromatic N) is 3. The minimum absolute atomic E-state index is 0.0249. The largest absolute Gasteiger partial charge is 0.324 e. The summed E-state index contributed by atoms with van der Waals surface area (Å²) in [4.78, 5) is 20.0. The third kappa shape index (κ3) is 4.67. The van der Waals surface area contributed by atoms with Crippen LogP contribution < -0.4 is 5.32 Å². The van der Waals surface area contributed by atoms with Crippen LogP contribution >= 0.6 is 0 Å². The molecule has 3 rings (SSSR count). The zero-order chi connectivity index (χ0) is 21.1. The Morgan fingerprint density at radius 3 is 2.21 bits per heavy atom. The van der Waals surface area contributed by atoms with E-state index in [-0.39, 0.29) is 12.5 Å². The molecule has 1 N–H and O–H groups in total. The van der Waals surface area contributed by atoms with Crippen molar-refractivity contribution in [2.24, 2.45) is 0 Å². The van der Waals surface area contributed by atoms with Gasteiger partial charge in [-0.25, -0.2) is 4.98 Å². The van der Waals surface area contributed by atoms with Crippen molar-refractivity contribution >= 4 is 22.6 Å². The second-order valence-corrected chi connectivity index (χ2v) is 8.51. The van der Waals surface area contributed by atoms with Gasteiger partial charge in [0.25, 0.3) is 0 Å². The molecule has 5 heteroatoms. The molecule has 0 aliphatic rings. The Kier molecular flexibility index (Phi) is 6.38. The smallest absolute Gasteiger partial charge is 0.244 e. The standard InChI is InChI=1S/C24H32N4O/c1-16(2)18-10-9-11-19(17(3)4)24(18)26-23(29)15-28-21-13-8-7-12-20(21)25-22(28)14-27(5)6/h7-13,16-17H,14-15H2,1-6H3,(H,26,29). The number of para-hydroxylation sites is 3. The predicted octanol–water partition coefficient (Wildman–Crippen LogP) is 4.98. The number of hydrogen-bond donors (Lipinski definition) is 1. The van der Waals surface area contributed by atoms with Crippen LogP contribution in [0.25, 0.3) is 11.0 Å². The molecule has 2 aromatic carbocycles. The SMILES string of the molecule is CC(C)c1cccc(C(C)C)c1NC(=O)Cn1c(CN(C)C)nc2ccccc21. The maximum atomic E-state index is 13.1. The molecule has 3 aromatic rings. The van der Waals surface area contributed by atoms with Gasteiger partial charge in [-0.3, -0.25) is 4.79 Å². The van der Waals surface area contributed by atoms with Crippen molar-refractivity contribution in [3.8, 4) is 0 Å². The molecule has 0 aliphatic carbocycles. The lowest BCUT2D eigenvalue weighted by atomic mass is 9.92. The molecule has 0 saturated carbocycles. The lowest BCUT2D eigenvalue weighted by Gasteiger charge is -2.20. The Labute approximate surface area is 173 Å². The molecule has 0 aliphatic heterocycles. The van der Waals surface area contributed by atoms with Crippen LogP contribution in [0.1, 0.15) is 56.5 Å². The van der Waals surface area contributed by atoms with Crippen molar-refractivity contribution in [3.63, 3.8) is 0 Å². The number of amides is 1. The fraction of sp³-hybridized carbons (Fsp3) is 0.417. The number of nitrogens with one attached hydrogen (secondary N) is 1. The van der Waals surface area contributed by atoms with Gasteiger partial charge < -0.3 is 14.8 Å². The van der Waals surface area contributed by atoms with Gasteiger partial charge in [0.2, 0.25) is 5.91 Å². The summed E-state index contributed by atoms with van der Waals surface area (Å²) < 4.78 is 2.03. The van der Waals surface area contributed by atoms with Crippen LogP contribution in [0.15, 0.2) is 42.5 Å². The van der Waals surface area contributed by atoms with Gasteiger partial charge in [0.1, 0.15) is 12.4 Å². The molecule has 0 radical (unpaired) electrons. The average Bonchev–Trinajstić information content (AvgIpc) is 2.98. The van der Waals surface area contributed by atoms with Crippen LogP contribution in [0, 0.1) is 0 Å². The fourth-order valence-corrected chi connectivity index (χ4v) is 3.72. The van der Waals surface area contributed by atoms with E-state index in [1.54, 1.807) is 0 Å². The molecule has 0 atom stereocenters. The van der Waals surface area contributed by atoms with E-state index in [1.165, 1.54) is 11.1 Å². The summed E-state index contributed by atoms with van der Waals surface area (Å²) in [6.07, 6.45) is 0. The molecular formula is C24H32N4O. The van der Waals surface area contributed by atoms with Crippen LogP contribution in [0.3, 0.4) is 0 Å². The van der Waals surface area contributed by atoms with Gasteiger partial charge >= 0.3 is 0 Å². The Balaban J connectivity index is 1.95. The van der Waals surface area contributed by atoms with Crippen LogP contribution in [0.2, 0.25) is 0 Å². The number of fused-ring (bicyclic) bond motifs is 1. The van der Waals surface area contributed by atoms with E-state index >= 15 is 0 Å². The quantitative estimate of drug-likeness (QED) is 0.617. The first-order chi connectivity index (χ1) is 13.8. The molecule has 5 nitrogen and oxygen atoms in total. The number of imidazole rings is 1. The summed E-state index contributed by atoms with van der Waals surface area (Å²) in [7, 11) is 4.02. The summed E-state index contributed by atoms with van der Waals surface area (Å²) in [5.74, 6) is 1.54. The highest BCUT2D eigenvalue weighted by Gasteiger charge is 2.18. The van der Waals surface area contributed by atoms with Gasteiger partial charge in [0, 0.05) is 5.69 Å². The molecular weight excluding hydrogens is 360 g/mol. The molecule has 154 valence electrons. The van der Waals surface area contributed by atoms with E-state index < -0.39 is 0 Å². The zero-order valence-electron chi connectivity index (χ0n) is 18.4. The van der Waals surface area contributed by atoms with E-state index in [4.69, 9.17) is 4.98 Å². The second-order valence-electron chi connectivity index (χ2n) is 8.51. The van der Waals surface area contributed by atoms with Gasteiger partial charge in [-0.1, -0.05) is 58.0 Å². The third-order valence-electron chi connectivity index (χ3n) is 5.13. The number of aromatic nitrogens is 2. The summed E-state index contributed by atoms with van der Waals surface area (Å²) in [6.45, 7) is 9.57. The molecule has 0 spiro atoms. The van der Waals surface area contributed by atoms with Gasteiger partial charge in [-0.2, -0.15) is 0 Å². The van der Waals surface area contributed by atoms with E-state index in [0.717, 1.165) is 22.5 Å². The third-order valence-corrected chi connectivity index (χ3v) is 5.13. The summed E-state index contributed by atoms with van der Waals surface area (Å²) in [6, 6.07) is 14.3. The second kappa shape index (κ2) is 8.78. The highest BCUT2D eigenvalue weighted by atomic mass is 16.2. The zero-order valence-corrected chi connectivity index (χ0v) is 18.4. The lowest BCUT2D eigenvalue weighted by molar-refractivity contribution is -0.116. The number of rotatable bonds is 7. The van der Waals surface area contributed by atoms with E-state index in [0.29, 0.717) is 18.4 Å². The van der Waals surface area contributed by atoms with Crippen molar-refractivity contribution in [1.29, 1.82) is 0 Å². The predicted molar refractivity (Wildman–Crippen MR) is 120 cm³/mol. The normalized spacial score (nSPS) is 11.8. The molecule has 0 saturated heterocycles. The van der Waals surface area contributed by atoms with Crippen LogP contribution in [-0.2, 0) is 17.9 Å². The maximum Gasteiger partial charge on any atom is 0.244 e. The minimum atomic E-state index is -0.0249. The van der Waals surface area contributed by atoms with Crippen LogP contribution in [0.4, 0.5) is 5.69 Å². The van der Waals surface area contributed by atoms with Gasteiger partial charge in [-0.05, 0) is 49.2 Å². The number of carbonyl (C=O) groups is 1. The van der Waals surface area contributed by atoms with Crippen molar-refractivity contribution in [1.82, 2.24) is 14.5 Å². The monoisotopic (exact) mass is 392 g/mol. The maximum absolute atomic E-state index is 13.1. The summed E-state index contributed by atoms with van der Waals surface area (Å²) >= 11 is 0. The van der Waals surface area contributed by atoms with E-state index in [9.17, 15) is 4.79 Å². The fourth-order valence-electron chi connectivity index (χ4n) is 3.72. The Hall–Kier alpha value is -2.66. The van der Waals surface area contributed by atoms with E-state index in [1.807, 2.05) is 42.9 Å². The van der Waals surface area contributed by atoms with Crippen LogP contribution in [-0.4, -0.2) is 34.5 Å². The number of carbonyl (C=O) groups excluding carboxylic acids is 1. The molecule has 0 unspecified atom stereocenters. The number of benzene rings is 2. The Morgan fingerprint density at radius 2 is 1.62 bits per heavy atom. The first kappa shape index (κ1) is 21.1. The number of hydrogen-bond acceptors (Lipinski definition) is 3. The average molecular weight is 393 g/mol. The molecule has 29 heavy (non-hydrogen) atoms. The summed E-state index contributed by atoms with van der Waals surface area (Å²) in [5.41, 5.74) is 5.21. The molecule has 1 aromatic heterocycles. The van der Waals surface area contributed by atoms with Crippen molar-refractivity contribution in [3.05, 3.63) is 59.4 Å². The first-order valence-corrected chi connectivity index (χ1v) is 10.3. The van der Waals surface area contributed by atoms with Crippen molar-refractivity contribution < 1.29 is 4.79 Å². The first-order valence-electron chi connectivity index (χ1n) is 10.3. The molecule has 1 heterocycles. The topological polar surface area (TPSA) is 50.2 Å². The minimum Gasteiger partial charge on any atom is -0.324 e. The van der Waals surface area contributed by atoms with Gasteiger partial charge in [-0.15, -0.1) is 0 Å². The highest BCUT2D eigenvalue weighted by molar-refractivity contribution is 5.93. The highest BCUT2D eigenvalue weighted by Crippen LogP contribution is 2.32. The Bertz CT molecular complexity index is 975. The molecule has 0 fully saturated rings. The van der Waals surface area contributed by atoms with Crippen molar-refractivity contribution in [2.45, 2.75) is 52.6 Å². The summed E-state index contributed by atoms with van der Waals surface area (Å²) in [5, 5.41) is 3.22. The van der Waals surface area contributed by atoms with Crippen molar-refractivity contribution in [2.75, 3.05) is 19.4 Å². The van der Waals surface area contributed by atoms with Crippen LogP contribution in [0.5, 0.6) is 0 Å². The van der Waals surface area contributed by atoms with Gasteiger partial charge in [0.15, 0.2) is 0 Å².